The lowest BCUT2D eigenvalue weighted by atomic mass is 10.2. The molecule has 0 bridgehead atoms. The van der Waals surface area contributed by atoms with E-state index < -0.39 is 23.6 Å². The Morgan fingerprint density at radius 3 is 2.96 bits per heavy atom. The van der Waals surface area contributed by atoms with Crippen molar-refractivity contribution in [3.05, 3.63) is 37.6 Å². The molecule has 1 fully saturated rings. The summed E-state index contributed by atoms with van der Waals surface area (Å²) in [6.45, 7) is 2.54. The summed E-state index contributed by atoms with van der Waals surface area (Å²) in [4.78, 5) is 27.6. The summed E-state index contributed by atoms with van der Waals surface area (Å²) < 4.78 is 12.9. The number of halogens is 1. The third-order valence-electron chi connectivity index (χ3n) is 3.99. The van der Waals surface area contributed by atoms with Gasteiger partial charge in [0, 0.05) is 19.2 Å². The average molecular weight is 403 g/mol. The van der Waals surface area contributed by atoms with Gasteiger partial charge in [0.1, 0.15) is 12.3 Å². The standard InChI is InChI=1S/C16H23BrN2O5/c1-2-3-4-7-23-12-8-14(24-13(12)10-20)19-9-11(5-6-17)15(21)18-16(19)22/h5-6,9,12-14,20H,2-4,7-8,10H2,1H3,(H,18,21,22)/b6-5+/t12?,13-,14-/m0/s1. The fraction of sp³-hybridized carbons (Fsp3) is 0.625. The van der Waals surface area contributed by atoms with E-state index >= 15 is 0 Å². The van der Waals surface area contributed by atoms with E-state index in [0.29, 0.717) is 18.6 Å². The fourth-order valence-electron chi connectivity index (χ4n) is 2.70. The molecule has 3 atom stereocenters. The molecule has 0 aromatic carbocycles. The largest absolute Gasteiger partial charge is 0.394 e. The number of ether oxygens (including phenoxy) is 2. The van der Waals surface area contributed by atoms with Crippen LogP contribution in [0.5, 0.6) is 0 Å². The zero-order chi connectivity index (χ0) is 17.5. The lowest BCUT2D eigenvalue weighted by Gasteiger charge is -2.16. The molecule has 2 rings (SSSR count). The molecule has 2 N–H and O–H groups in total. The summed E-state index contributed by atoms with van der Waals surface area (Å²) in [6, 6.07) is 0. The van der Waals surface area contributed by atoms with Crippen LogP contribution in [0.3, 0.4) is 0 Å². The summed E-state index contributed by atoms with van der Waals surface area (Å²) in [5.74, 6) is 0. The molecule has 0 saturated carbocycles. The predicted molar refractivity (Wildman–Crippen MR) is 94.2 cm³/mol. The van der Waals surface area contributed by atoms with Crippen molar-refractivity contribution < 1.29 is 14.6 Å². The average Bonchev–Trinajstić information content (AvgIpc) is 2.97. The monoisotopic (exact) mass is 402 g/mol. The molecule has 24 heavy (non-hydrogen) atoms. The first-order valence-corrected chi connectivity index (χ1v) is 9.02. The number of hydrogen-bond donors (Lipinski definition) is 2. The maximum atomic E-state index is 12.1. The SMILES string of the molecule is CCCCCOC1C[C@@H](n2cc(/C=C/Br)c(=O)[nH]c2=O)O[C@H]1CO. The van der Waals surface area contributed by atoms with Gasteiger partial charge in [-0.3, -0.25) is 14.3 Å². The van der Waals surface area contributed by atoms with Gasteiger partial charge in [-0.25, -0.2) is 4.79 Å². The van der Waals surface area contributed by atoms with Crippen LogP contribution >= 0.6 is 15.9 Å². The maximum Gasteiger partial charge on any atom is 0.330 e. The van der Waals surface area contributed by atoms with Gasteiger partial charge in [-0.2, -0.15) is 0 Å². The summed E-state index contributed by atoms with van der Waals surface area (Å²) in [7, 11) is 0. The molecule has 1 saturated heterocycles. The first-order chi connectivity index (χ1) is 11.6. The van der Waals surface area contributed by atoms with Gasteiger partial charge < -0.3 is 14.6 Å². The van der Waals surface area contributed by atoms with E-state index in [2.05, 4.69) is 27.8 Å². The van der Waals surface area contributed by atoms with Crippen LogP contribution in [0, 0.1) is 0 Å². The highest BCUT2D eigenvalue weighted by molar-refractivity contribution is 9.11. The first kappa shape index (κ1) is 19.1. The van der Waals surface area contributed by atoms with Crippen molar-refractivity contribution in [3.63, 3.8) is 0 Å². The number of unbranched alkanes of at least 4 members (excludes halogenated alkanes) is 2. The minimum atomic E-state index is -0.579. The highest BCUT2D eigenvalue weighted by Crippen LogP contribution is 2.29. The molecule has 1 aliphatic heterocycles. The maximum absolute atomic E-state index is 12.1. The molecule has 1 aromatic heterocycles. The van der Waals surface area contributed by atoms with Crippen molar-refractivity contribution in [1.29, 1.82) is 0 Å². The molecule has 0 amide bonds. The molecular weight excluding hydrogens is 380 g/mol. The molecule has 2 heterocycles. The van der Waals surface area contributed by atoms with Gasteiger partial charge in [0.05, 0.1) is 18.3 Å². The van der Waals surface area contributed by atoms with Gasteiger partial charge in [0.25, 0.3) is 5.56 Å². The molecule has 1 aliphatic rings. The smallest absolute Gasteiger partial charge is 0.330 e. The van der Waals surface area contributed by atoms with Gasteiger partial charge in [0.2, 0.25) is 0 Å². The second-order valence-electron chi connectivity index (χ2n) is 5.71. The number of nitrogens with one attached hydrogen (secondary N) is 1. The van der Waals surface area contributed by atoms with Gasteiger partial charge in [0.15, 0.2) is 0 Å². The van der Waals surface area contributed by atoms with Crippen LogP contribution in [0.15, 0.2) is 20.8 Å². The van der Waals surface area contributed by atoms with Crippen LogP contribution in [0.1, 0.15) is 44.4 Å². The Morgan fingerprint density at radius 2 is 2.29 bits per heavy atom. The predicted octanol–water partition coefficient (Wildman–Crippen LogP) is 1.76. The third-order valence-corrected chi connectivity index (χ3v) is 4.25. The molecule has 7 nitrogen and oxygen atoms in total. The molecular formula is C16H23BrN2O5. The van der Waals surface area contributed by atoms with Gasteiger partial charge in [-0.15, -0.1) is 0 Å². The molecule has 0 spiro atoms. The molecule has 0 aliphatic carbocycles. The normalized spacial score (nSPS) is 24.0. The number of hydrogen-bond acceptors (Lipinski definition) is 5. The van der Waals surface area contributed by atoms with Crippen LogP contribution < -0.4 is 11.2 Å². The van der Waals surface area contributed by atoms with Gasteiger partial charge >= 0.3 is 5.69 Å². The van der Waals surface area contributed by atoms with Gasteiger partial charge in [-0.1, -0.05) is 35.7 Å². The van der Waals surface area contributed by atoms with Crippen molar-refractivity contribution >= 4 is 22.0 Å². The van der Waals surface area contributed by atoms with Crippen LogP contribution in [-0.4, -0.2) is 40.1 Å². The van der Waals surface area contributed by atoms with E-state index in [1.165, 1.54) is 15.7 Å². The van der Waals surface area contributed by atoms with E-state index in [4.69, 9.17) is 9.47 Å². The van der Waals surface area contributed by atoms with Crippen LogP contribution in [0.2, 0.25) is 0 Å². The summed E-state index contributed by atoms with van der Waals surface area (Å²) in [5, 5.41) is 9.49. The number of H-pyrrole nitrogens is 1. The lowest BCUT2D eigenvalue weighted by Crippen LogP contribution is -2.33. The highest BCUT2D eigenvalue weighted by atomic mass is 79.9. The number of aliphatic hydroxyl groups excluding tert-OH is 1. The van der Waals surface area contributed by atoms with E-state index in [0.717, 1.165) is 19.3 Å². The van der Waals surface area contributed by atoms with E-state index in [-0.39, 0.29) is 12.7 Å². The Labute approximate surface area is 148 Å². The zero-order valence-corrected chi connectivity index (χ0v) is 15.2. The summed E-state index contributed by atoms with van der Waals surface area (Å²) in [6.07, 6.45) is 5.26. The minimum absolute atomic E-state index is 0.179. The molecule has 1 unspecified atom stereocenters. The Balaban J connectivity index is 2.14. The Kier molecular flexibility index (Phi) is 7.41. The summed E-state index contributed by atoms with van der Waals surface area (Å²) >= 11 is 3.11. The minimum Gasteiger partial charge on any atom is -0.394 e. The quantitative estimate of drug-likeness (QED) is 0.646. The topological polar surface area (TPSA) is 93.6 Å². The van der Waals surface area contributed by atoms with Crippen LogP contribution in [-0.2, 0) is 9.47 Å². The number of nitrogens with zero attached hydrogens (tertiary/aromatic N) is 1. The van der Waals surface area contributed by atoms with E-state index in [1.54, 1.807) is 6.08 Å². The second kappa shape index (κ2) is 9.31. The van der Waals surface area contributed by atoms with Crippen LogP contribution in [0.25, 0.3) is 6.08 Å². The zero-order valence-electron chi connectivity index (χ0n) is 13.6. The van der Waals surface area contributed by atoms with Crippen molar-refractivity contribution in [3.8, 4) is 0 Å². The number of aromatic amines is 1. The molecule has 134 valence electrons. The third kappa shape index (κ3) is 4.66. The van der Waals surface area contributed by atoms with Crippen molar-refractivity contribution in [2.75, 3.05) is 13.2 Å². The van der Waals surface area contributed by atoms with Gasteiger partial charge in [-0.05, 0) is 17.5 Å². The lowest BCUT2D eigenvalue weighted by molar-refractivity contribution is -0.0626. The first-order valence-electron chi connectivity index (χ1n) is 8.10. The molecule has 1 aromatic rings. The Morgan fingerprint density at radius 1 is 1.50 bits per heavy atom. The number of rotatable bonds is 8. The molecule has 0 radical (unpaired) electrons. The van der Waals surface area contributed by atoms with E-state index in [9.17, 15) is 14.7 Å². The Bertz CT molecular complexity index is 669. The molecule has 8 heteroatoms. The van der Waals surface area contributed by atoms with E-state index in [1.807, 2.05) is 0 Å². The van der Waals surface area contributed by atoms with Crippen molar-refractivity contribution in [2.24, 2.45) is 0 Å². The van der Waals surface area contributed by atoms with Crippen molar-refractivity contribution in [2.45, 2.75) is 51.0 Å². The highest BCUT2D eigenvalue weighted by Gasteiger charge is 2.37. The van der Waals surface area contributed by atoms with Crippen molar-refractivity contribution in [1.82, 2.24) is 9.55 Å². The second-order valence-corrected chi connectivity index (χ2v) is 6.24. The van der Waals surface area contributed by atoms with Crippen LogP contribution in [0.4, 0.5) is 0 Å². The number of aromatic nitrogens is 2. The Hall–Kier alpha value is -1.22. The fourth-order valence-corrected chi connectivity index (χ4v) is 2.98. The number of aliphatic hydroxyl groups is 1. The summed E-state index contributed by atoms with van der Waals surface area (Å²) in [5.41, 5.74) is -0.668.